The zero-order valence-electron chi connectivity index (χ0n) is 22.9. The van der Waals surface area contributed by atoms with Crippen LogP contribution in [0.4, 0.5) is 5.69 Å². The Kier molecular flexibility index (Phi) is 9.20. The second-order valence-electron chi connectivity index (χ2n) is 10.0. The van der Waals surface area contributed by atoms with E-state index < -0.39 is 29.8 Å². The average Bonchev–Trinajstić information content (AvgIpc) is 3.36. The Morgan fingerprint density at radius 1 is 0.857 bits per heavy atom. The van der Waals surface area contributed by atoms with Crippen LogP contribution in [-0.4, -0.2) is 35.1 Å². The minimum atomic E-state index is -0.946. The summed E-state index contributed by atoms with van der Waals surface area (Å²) in [5, 5.41) is 5.53. The summed E-state index contributed by atoms with van der Waals surface area (Å²) in [4.78, 5) is 54.2. The number of rotatable bonds is 11. The number of carbonyl (C=O) groups is 3. The molecule has 3 N–H and O–H groups in total. The lowest BCUT2D eigenvalue weighted by Crippen LogP contribution is -2.42. The highest BCUT2D eigenvalue weighted by Gasteiger charge is 2.37. The lowest BCUT2D eigenvalue weighted by Gasteiger charge is -2.20. The molecule has 0 spiro atoms. The number of carbonyl (C=O) groups excluding carboxylic acids is 3. The molecule has 3 aromatic carbocycles. The van der Waals surface area contributed by atoms with E-state index in [1.807, 2.05) is 91.0 Å². The van der Waals surface area contributed by atoms with Gasteiger partial charge in [0, 0.05) is 12.1 Å². The molecule has 214 valence electrons. The van der Waals surface area contributed by atoms with E-state index in [1.54, 1.807) is 6.07 Å². The number of amides is 2. The van der Waals surface area contributed by atoms with Crippen LogP contribution in [0.5, 0.6) is 0 Å². The molecule has 9 heteroatoms. The van der Waals surface area contributed by atoms with Crippen LogP contribution in [0.1, 0.15) is 29.5 Å². The van der Waals surface area contributed by atoms with Gasteiger partial charge >= 0.3 is 5.97 Å². The van der Waals surface area contributed by atoms with Gasteiger partial charge < -0.3 is 25.1 Å². The smallest absolute Gasteiger partial charge is 0.310 e. The fourth-order valence-electron chi connectivity index (χ4n) is 4.76. The van der Waals surface area contributed by atoms with Crippen LogP contribution in [0.25, 0.3) is 11.3 Å². The van der Waals surface area contributed by atoms with Gasteiger partial charge in [0.15, 0.2) is 0 Å². The molecular weight excluding hydrogens is 534 g/mol. The van der Waals surface area contributed by atoms with E-state index in [0.29, 0.717) is 17.7 Å². The second kappa shape index (κ2) is 13.6. The van der Waals surface area contributed by atoms with Crippen molar-refractivity contribution in [3.63, 3.8) is 0 Å². The highest BCUT2D eigenvalue weighted by molar-refractivity contribution is 5.93. The normalized spacial score (nSPS) is 16.0. The molecule has 1 saturated heterocycles. The predicted molar refractivity (Wildman–Crippen MR) is 157 cm³/mol. The lowest BCUT2D eigenvalue weighted by atomic mass is 10.0. The predicted octanol–water partition coefficient (Wildman–Crippen LogP) is 4.13. The van der Waals surface area contributed by atoms with E-state index in [0.717, 1.165) is 16.7 Å². The summed E-state index contributed by atoms with van der Waals surface area (Å²) < 4.78 is 11.1. The SMILES string of the molecule is O=C(CCc1ccccc1)Nc1c(CC(=O)NC2CC(=O)OC2OCc2ccccc2)cc(-c2ccccc2)[nH]c1=O. The van der Waals surface area contributed by atoms with E-state index in [1.165, 1.54) is 0 Å². The van der Waals surface area contributed by atoms with Gasteiger partial charge in [-0.05, 0) is 34.7 Å². The highest BCUT2D eigenvalue weighted by atomic mass is 16.7. The van der Waals surface area contributed by atoms with Crippen LogP contribution >= 0.6 is 0 Å². The standard InChI is InChI=1S/C33H31N3O6/c37-28(17-16-22-10-4-1-5-11-22)36-31-25(18-26(35-32(31)40)24-14-8-3-9-15-24)19-29(38)34-27-20-30(39)42-33(27)41-21-23-12-6-2-7-13-23/h1-15,18,27,33H,16-17,19-21H2,(H,34,38)(H,35,40)(H,36,37). The first-order valence-electron chi connectivity index (χ1n) is 13.7. The highest BCUT2D eigenvalue weighted by Crippen LogP contribution is 2.22. The fraction of sp³-hybridized carbons (Fsp3) is 0.212. The molecule has 5 rings (SSSR count). The number of anilines is 1. The summed E-state index contributed by atoms with van der Waals surface area (Å²) in [7, 11) is 0. The summed E-state index contributed by atoms with van der Waals surface area (Å²) in [6.45, 7) is 0.207. The third-order valence-electron chi connectivity index (χ3n) is 6.86. The van der Waals surface area contributed by atoms with Gasteiger partial charge in [0.1, 0.15) is 11.7 Å². The van der Waals surface area contributed by atoms with E-state index >= 15 is 0 Å². The van der Waals surface area contributed by atoms with Crippen molar-refractivity contribution < 1.29 is 23.9 Å². The van der Waals surface area contributed by atoms with E-state index in [4.69, 9.17) is 9.47 Å². The summed E-state index contributed by atoms with van der Waals surface area (Å²) in [6, 6.07) is 29.2. The number of hydrogen-bond donors (Lipinski definition) is 3. The van der Waals surface area contributed by atoms with Crippen LogP contribution in [0.2, 0.25) is 0 Å². The number of cyclic esters (lactones) is 1. The van der Waals surface area contributed by atoms with Gasteiger partial charge in [-0.2, -0.15) is 0 Å². The number of ether oxygens (including phenoxy) is 2. The topological polar surface area (TPSA) is 127 Å². The number of nitrogens with one attached hydrogen (secondary N) is 3. The zero-order chi connectivity index (χ0) is 29.3. The molecule has 0 saturated carbocycles. The molecule has 2 unspecified atom stereocenters. The molecule has 1 aliphatic rings. The minimum Gasteiger partial charge on any atom is -0.433 e. The first-order chi connectivity index (χ1) is 20.4. The summed E-state index contributed by atoms with van der Waals surface area (Å²) >= 11 is 0. The Morgan fingerprint density at radius 3 is 2.19 bits per heavy atom. The number of aromatic amines is 1. The van der Waals surface area contributed by atoms with Gasteiger partial charge in [0.25, 0.3) is 5.56 Å². The Hall–Kier alpha value is -5.02. The summed E-state index contributed by atoms with van der Waals surface area (Å²) in [5.41, 5.74) is 2.99. The van der Waals surface area contributed by atoms with E-state index in [9.17, 15) is 19.2 Å². The van der Waals surface area contributed by atoms with Crippen molar-refractivity contribution in [1.82, 2.24) is 10.3 Å². The van der Waals surface area contributed by atoms with Crippen LogP contribution in [0.15, 0.2) is 102 Å². The molecule has 2 heterocycles. The zero-order valence-corrected chi connectivity index (χ0v) is 22.9. The molecule has 9 nitrogen and oxygen atoms in total. The van der Waals surface area contributed by atoms with Crippen molar-refractivity contribution in [2.75, 3.05) is 5.32 Å². The fourth-order valence-corrected chi connectivity index (χ4v) is 4.76. The second-order valence-corrected chi connectivity index (χ2v) is 10.0. The number of esters is 1. The van der Waals surface area contributed by atoms with Gasteiger partial charge in [0.05, 0.1) is 19.4 Å². The molecule has 1 aliphatic heterocycles. The number of aryl methyl sites for hydroxylation is 1. The van der Waals surface area contributed by atoms with Crippen LogP contribution < -0.4 is 16.2 Å². The van der Waals surface area contributed by atoms with Gasteiger partial charge in [-0.3, -0.25) is 19.2 Å². The van der Waals surface area contributed by atoms with Crippen LogP contribution in [0, 0.1) is 0 Å². The quantitative estimate of drug-likeness (QED) is 0.235. The van der Waals surface area contributed by atoms with Crippen molar-refractivity contribution in [1.29, 1.82) is 0 Å². The third kappa shape index (κ3) is 7.58. The van der Waals surface area contributed by atoms with E-state index in [-0.39, 0.29) is 37.5 Å². The van der Waals surface area contributed by atoms with Crippen LogP contribution in [0.3, 0.4) is 0 Å². The van der Waals surface area contributed by atoms with E-state index in [2.05, 4.69) is 15.6 Å². The number of aromatic nitrogens is 1. The third-order valence-corrected chi connectivity index (χ3v) is 6.86. The van der Waals surface area contributed by atoms with Gasteiger partial charge in [0.2, 0.25) is 18.1 Å². The molecule has 1 aromatic heterocycles. The number of hydrogen-bond acceptors (Lipinski definition) is 6. The van der Waals surface area contributed by atoms with Gasteiger partial charge in [-0.25, -0.2) is 0 Å². The molecule has 0 bridgehead atoms. The maximum atomic E-state index is 13.2. The molecule has 0 aliphatic carbocycles. The van der Waals surface area contributed by atoms with Crippen molar-refractivity contribution in [3.05, 3.63) is 124 Å². The lowest BCUT2D eigenvalue weighted by molar-refractivity contribution is -0.168. The Labute approximate surface area is 242 Å². The van der Waals surface area contributed by atoms with Gasteiger partial charge in [-0.15, -0.1) is 0 Å². The minimum absolute atomic E-state index is 0.0125. The molecule has 2 atom stereocenters. The monoisotopic (exact) mass is 565 g/mol. The maximum absolute atomic E-state index is 13.2. The van der Waals surface area contributed by atoms with Crippen molar-refractivity contribution in [2.24, 2.45) is 0 Å². The summed E-state index contributed by atoms with van der Waals surface area (Å²) in [5.74, 6) is -1.27. The molecule has 4 aromatic rings. The number of H-pyrrole nitrogens is 1. The first kappa shape index (κ1) is 28.5. The summed E-state index contributed by atoms with van der Waals surface area (Å²) in [6.07, 6.45) is -0.537. The number of benzene rings is 3. The first-order valence-corrected chi connectivity index (χ1v) is 13.7. The number of pyridine rings is 1. The molecule has 2 amide bonds. The molecular formula is C33H31N3O6. The van der Waals surface area contributed by atoms with Crippen molar-refractivity contribution in [3.8, 4) is 11.3 Å². The largest absolute Gasteiger partial charge is 0.433 e. The maximum Gasteiger partial charge on any atom is 0.310 e. The van der Waals surface area contributed by atoms with Gasteiger partial charge in [-0.1, -0.05) is 91.0 Å². The van der Waals surface area contributed by atoms with Crippen molar-refractivity contribution in [2.45, 2.75) is 44.6 Å². The van der Waals surface area contributed by atoms with Crippen molar-refractivity contribution >= 4 is 23.5 Å². The van der Waals surface area contributed by atoms with Crippen LogP contribution in [-0.2, 0) is 43.3 Å². The Bertz CT molecular complexity index is 1590. The molecule has 0 radical (unpaired) electrons. The average molecular weight is 566 g/mol. The molecule has 1 fully saturated rings. The molecule has 42 heavy (non-hydrogen) atoms. The Balaban J connectivity index is 1.31. The Morgan fingerprint density at radius 2 is 1.50 bits per heavy atom.